The second kappa shape index (κ2) is 19.2. The van der Waals surface area contributed by atoms with Crippen molar-refractivity contribution in [3.05, 3.63) is 70.8 Å². The standard InChI is InChI=1S/C32H46N2O2S.BrH/c1-3-4-5-6-7-8-9-10-11-12-13-16-22-36-31-21-15-14-20-30(31)32(35)33-29-19-17-18-28(23-29)24-34-26-37-25-27(34)2;/h14-15,17-21,23,25H,3-13,16,22,24,26H2,1-2H3,(H,33,35);1H. The lowest BCUT2D eigenvalue weighted by atomic mass is 10.1. The van der Waals surface area contributed by atoms with E-state index in [1.165, 1.54) is 81.9 Å². The molecule has 2 aromatic carbocycles. The Balaban J connectivity index is 0.00000507. The van der Waals surface area contributed by atoms with Gasteiger partial charge in [0.05, 0.1) is 18.0 Å². The average Bonchev–Trinajstić information content (AvgIpc) is 3.31. The Labute approximate surface area is 245 Å². The number of amides is 1. The minimum Gasteiger partial charge on any atom is -0.493 e. The van der Waals surface area contributed by atoms with Crippen LogP contribution < -0.4 is 10.1 Å². The van der Waals surface area contributed by atoms with Gasteiger partial charge in [0.2, 0.25) is 0 Å². The molecule has 1 amide bonds. The highest BCUT2D eigenvalue weighted by Gasteiger charge is 2.14. The highest BCUT2D eigenvalue weighted by Crippen LogP contribution is 2.26. The zero-order valence-electron chi connectivity index (χ0n) is 23.4. The van der Waals surface area contributed by atoms with Crippen molar-refractivity contribution in [2.75, 3.05) is 17.8 Å². The summed E-state index contributed by atoms with van der Waals surface area (Å²) in [6, 6.07) is 15.7. The molecule has 0 spiro atoms. The number of halogens is 1. The van der Waals surface area contributed by atoms with Crippen LogP contribution in [0.15, 0.2) is 59.6 Å². The molecule has 1 aliphatic heterocycles. The molecule has 6 heteroatoms. The van der Waals surface area contributed by atoms with Gasteiger partial charge >= 0.3 is 0 Å². The van der Waals surface area contributed by atoms with Gasteiger partial charge in [0.15, 0.2) is 0 Å². The van der Waals surface area contributed by atoms with Gasteiger partial charge in [-0.05, 0) is 48.6 Å². The van der Waals surface area contributed by atoms with Gasteiger partial charge in [-0.2, -0.15) is 0 Å². The molecule has 210 valence electrons. The first-order valence-corrected chi connectivity index (χ1v) is 15.4. The lowest BCUT2D eigenvalue weighted by Crippen LogP contribution is -2.17. The zero-order valence-corrected chi connectivity index (χ0v) is 25.9. The maximum absolute atomic E-state index is 13.1. The third kappa shape index (κ3) is 11.9. The number of hydrogen-bond donors (Lipinski definition) is 1. The first-order valence-electron chi connectivity index (χ1n) is 14.3. The lowest BCUT2D eigenvalue weighted by molar-refractivity contribution is 0.102. The topological polar surface area (TPSA) is 41.6 Å². The second-order valence-electron chi connectivity index (χ2n) is 10.1. The van der Waals surface area contributed by atoms with Crippen molar-refractivity contribution in [1.29, 1.82) is 0 Å². The third-order valence-electron chi connectivity index (χ3n) is 6.93. The van der Waals surface area contributed by atoms with Crippen molar-refractivity contribution in [2.45, 2.75) is 97.4 Å². The number of para-hydroxylation sites is 1. The number of nitrogens with zero attached hydrogens (tertiary/aromatic N) is 1. The van der Waals surface area contributed by atoms with E-state index in [2.05, 4.69) is 41.6 Å². The van der Waals surface area contributed by atoms with Crippen molar-refractivity contribution >= 4 is 40.3 Å². The molecule has 0 atom stereocenters. The summed E-state index contributed by atoms with van der Waals surface area (Å²) < 4.78 is 6.04. The first kappa shape index (κ1) is 32.3. The van der Waals surface area contributed by atoms with E-state index in [4.69, 9.17) is 4.74 Å². The van der Waals surface area contributed by atoms with Crippen LogP contribution >= 0.6 is 28.7 Å². The molecule has 0 bridgehead atoms. The molecule has 0 radical (unpaired) electrons. The molecule has 2 aromatic rings. The summed E-state index contributed by atoms with van der Waals surface area (Å²) in [5, 5.41) is 5.26. The summed E-state index contributed by atoms with van der Waals surface area (Å²) in [7, 11) is 0. The molecular formula is C32H47BrN2O2S. The van der Waals surface area contributed by atoms with Gasteiger partial charge in [-0.15, -0.1) is 28.7 Å². The molecule has 0 aromatic heterocycles. The van der Waals surface area contributed by atoms with E-state index < -0.39 is 0 Å². The Morgan fingerprint density at radius 1 is 0.895 bits per heavy atom. The van der Waals surface area contributed by atoms with Gasteiger partial charge < -0.3 is 15.0 Å². The van der Waals surface area contributed by atoms with Crippen molar-refractivity contribution in [3.8, 4) is 5.75 Å². The van der Waals surface area contributed by atoms with Crippen molar-refractivity contribution in [1.82, 2.24) is 4.90 Å². The van der Waals surface area contributed by atoms with E-state index in [9.17, 15) is 4.79 Å². The number of unbranched alkanes of at least 4 members (excludes halogenated alkanes) is 11. The van der Waals surface area contributed by atoms with Crippen LogP contribution in [0.1, 0.15) is 107 Å². The summed E-state index contributed by atoms with van der Waals surface area (Å²) in [5.74, 6) is 1.51. The molecule has 0 fully saturated rings. The highest BCUT2D eigenvalue weighted by molar-refractivity contribution is 8.93. The maximum Gasteiger partial charge on any atom is 0.259 e. The Kier molecular flexibility index (Phi) is 16.3. The molecule has 38 heavy (non-hydrogen) atoms. The van der Waals surface area contributed by atoms with Gasteiger partial charge in [0, 0.05) is 17.9 Å². The Hall–Kier alpha value is -1.92. The molecule has 0 unspecified atom stereocenters. The Morgan fingerprint density at radius 3 is 2.21 bits per heavy atom. The van der Waals surface area contributed by atoms with Crippen molar-refractivity contribution < 1.29 is 9.53 Å². The molecule has 0 saturated carbocycles. The average molecular weight is 604 g/mol. The number of anilines is 1. The minimum atomic E-state index is -0.129. The SMILES string of the molecule is Br.CCCCCCCCCCCCCCOc1ccccc1C(=O)Nc1cccc(CN2CSC=C2C)c1. The fourth-order valence-corrected chi connectivity index (χ4v) is 5.61. The van der Waals surface area contributed by atoms with E-state index in [0.717, 1.165) is 24.5 Å². The summed E-state index contributed by atoms with van der Waals surface area (Å²) in [6.07, 6.45) is 15.9. The number of nitrogens with one attached hydrogen (secondary N) is 1. The number of allylic oxidation sites excluding steroid dienone is 1. The number of thioether (sulfide) groups is 1. The smallest absolute Gasteiger partial charge is 0.259 e. The van der Waals surface area contributed by atoms with Crippen LogP contribution in [0.25, 0.3) is 0 Å². The molecule has 4 nitrogen and oxygen atoms in total. The Bertz CT molecular complexity index is 981. The van der Waals surface area contributed by atoms with E-state index >= 15 is 0 Å². The molecular weight excluding hydrogens is 556 g/mol. The molecule has 1 aliphatic rings. The highest BCUT2D eigenvalue weighted by atomic mass is 79.9. The quantitative estimate of drug-likeness (QED) is 0.172. The van der Waals surface area contributed by atoms with Crippen LogP contribution in [0.5, 0.6) is 5.75 Å². The molecule has 3 rings (SSSR count). The van der Waals surface area contributed by atoms with Crippen LogP contribution in [0.2, 0.25) is 0 Å². The summed E-state index contributed by atoms with van der Waals surface area (Å²) >= 11 is 1.82. The largest absolute Gasteiger partial charge is 0.493 e. The fraction of sp³-hybridized carbons (Fsp3) is 0.531. The van der Waals surface area contributed by atoms with Gasteiger partial charge in [-0.25, -0.2) is 0 Å². The number of carbonyl (C=O) groups is 1. The summed E-state index contributed by atoms with van der Waals surface area (Å²) in [6.45, 7) is 5.91. The van der Waals surface area contributed by atoms with Crippen LogP contribution in [0.4, 0.5) is 5.69 Å². The fourth-order valence-electron chi connectivity index (χ4n) is 4.67. The number of hydrogen-bond acceptors (Lipinski definition) is 4. The predicted octanol–water partition coefficient (Wildman–Crippen LogP) is 9.96. The predicted molar refractivity (Wildman–Crippen MR) is 169 cm³/mol. The zero-order chi connectivity index (χ0) is 26.1. The number of carbonyl (C=O) groups excluding carboxylic acids is 1. The summed E-state index contributed by atoms with van der Waals surface area (Å²) in [5.41, 5.74) is 3.87. The molecule has 1 heterocycles. The van der Waals surface area contributed by atoms with Crippen LogP contribution in [-0.4, -0.2) is 23.3 Å². The van der Waals surface area contributed by atoms with Gasteiger partial charge in [-0.3, -0.25) is 4.79 Å². The van der Waals surface area contributed by atoms with Crippen LogP contribution in [0.3, 0.4) is 0 Å². The van der Waals surface area contributed by atoms with E-state index in [0.29, 0.717) is 17.9 Å². The van der Waals surface area contributed by atoms with Gasteiger partial charge in [0.25, 0.3) is 5.91 Å². The maximum atomic E-state index is 13.1. The van der Waals surface area contributed by atoms with Crippen LogP contribution in [0, 0.1) is 0 Å². The Morgan fingerprint density at radius 2 is 1.55 bits per heavy atom. The summed E-state index contributed by atoms with van der Waals surface area (Å²) in [4.78, 5) is 15.4. The molecule has 0 saturated heterocycles. The number of rotatable bonds is 18. The van der Waals surface area contributed by atoms with E-state index in [1.54, 1.807) is 0 Å². The second-order valence-corrected chi connectivity index (χ2v) is 11.0. The van der Waals surface area contributed by atoms with E-state index in [-0.39, 0.29) is 22.9 Å². The molecule has 1 N–H and O–H groups in total. The van der Waals surface area contributed by atoms with Crippen LogP contribution in [-0.2, 0) is 6.54 Å². The first-order chi connectivity index (χ1) is 18.2. The van der Waals surface area contributed by atoms with E-state index in [1.807, 2.05) is 48.2 Å². The number of benzene rings is 2. The van der Waals surface area contributed by atoms with Gasteiger partial charge in [-0.1, -0.05) is 102 Å². The monoisotopic (exact) mass is 602 g/mol. The third-order valence-corrected chi connectivity index (χ3v) is 7.90. The van der Waals surface area contributed by atoms with Crippen molar-refractivity contribution in [3.63, 3.8) is 0 Å². The molecule has 0 aliphatic carbocycles. The lowest BCUT2D eigenvalue weighted by Gasteiger charge is -2.19. The van der Waals surface area contributed by atoms with Gasteiger partial charge in [0.1, 0.15) is 5.75 Å². The van der Waals surface area contributed by atoms with Crippen molar-refractivity contribution in [2.24, 2.45) is 0 Å². The normalized spacial score (nSPS) is 12.7. The number of ether oxygens (including phenoxy) is 1. The minimum absolute atomic E-state index is 0.